The van der Waals surface area contributed by atoms with Crippen molar-refractivity contribution in [1.29, 1.82) is 0 Å². The minimum Gasteiger partial charge on any atom is -0.435 e. The first-order valence-electron chi connectivity index (χ1n) is 7.31. The van der Waals surface area contributed by atoms with Gasteiger partial charge in [-0.3, -0.25) is 4.79 Å². The van der Waals surface area contributed by atoms with Crippen molar-refractivity contribution in [3.8, 4) is 5.75 Å². The van der Waals surface area contributed by atoms with Crippen LogP contribution in [0, 0.1) is 0 Å². The minimum atomic E-state index is -2.89. The van der Waals surface area contributed by atoms with E-state index in [9.17, 15) is 13.6 Å². The molecule has 1 amide bonds. The summed E-state index contributed by atoms with van der Waals surface area (Å²) >= 11 is 3.81. The third kappa shape index (κ3) is 4.42. The number of benzene rings is 2. The van der Waals surface area contributed by atoms with Gasteiger partial charge in [0, 0.05) is 28.8 Å². The molecule has 0 saturated carbocycles. The van der Waals surface area contributed by atoms with Crippen LogP contribution in [-0.4, -0.2) is 24.0 Å². The van der Waals surface area contributed by atoms with Crippen LogP contribution in [0.3, 0.4) is 0 Å². The molecule has 24 heavy (non-hydrogen) atoms. The van der Waals surface area contributed by atoms with E-state index in [4.69, 9.17) is 0 Å². The molecule has 3 rings (SSSR count). The maximum Gasteiger partial charge on any atom is 0.387 e. The van der Waals surface area contributed by atoms with E-state index in [0.29, 0.717) is 15.8 Å². The Balaban J connectivity index is 1.66. The maximum atomic E-state index is 12.3. The van der Waals surface area contributed by atoms with Crippen molar-refractivity contribution in [3.05, 3.63) is 59.7 Å². The summed E-state index contributed by atoms with van der Waals surface area (Å²) in [5, 5.41) is 2.69. The summed E-state index contributed by atoms with van der Waals surface area (Å²) in [5.74, 6) is 2.01. The summed E-state index contributed by atoms with van der Waals surface area (Å²) in [6.45, 7) is -2.89. The lowest BCUT2D eigenvalue weighted by Gasteiger charge is -2.10. The Hall–Kier alpha value is -1.73. The van der Waals surface area contributed by atoms with Crippen molar-refractivity contribution in [3.63, 3.8) is 0 Å². The zero-order chi connectivity index (χ0) is 16.9. The molecule has 7 heteroatoms. The Morgan fingerprint density at radius 2 is 1.83 bits per heavy atom. The van der Waals surface area contributed by atoms with Crippen LogP contribution in [0.25, 0.3) is 0 Å². The third-order valence-corrected chi connectivity index (χ3v) is 6.49. The van der Waals surface area contributed by atoms with Crippen LogP contribution in [-0.2, 0) is 0 Å². The first kappa shape index (κ1) is 17.1. The number of hydrogen-bond donors (Lipinski definition) is 1. The molecule has 126 valence electrons. The zero-order valence-electron chi connectivity index (χ0n) is 12.6. The van der Waals surface area contributed by atoms with Crippen LogP contribution >= 0.6 is 23.5 Å². The summed E-state index contributed by atoms with van der Waals surface area (Å²) in [5.41, 5.74) is 2.13. The van der Waals surface area contributed by atoms with Gasteiger partial charge in [0.1, 0.15) is 5.75 Å². The average molecular weight is 367 g/mol. The molecule has 1 saturated heterocycles. The number of hydrogen-bond acceptors (Lipinski definition) is 4. The lowest BCUT2D eigenvalue weighted by Crippen LogP contribution is -2.12. The van der Waals surface area contributed by atoms with Gasteiger partial charge in [-0.05, 0) is 29.8 Å². The molecule has 2 aromatic carbocycles. The maximum absolute atomic E-state index is 12.3. The number of rotatable bonds is 5. The molecule has 0 unspecified atom stereocenters. The van der Waals surface area contributed by atoms with Gasteiger partial charge in [0.05, 0.1) is 4.58 Å². The second-order valence-corrected chi connectivity index (χ2v) is 7.78. The molecule has 0 aliphatic carbocycles. The molecular formula is C17H15F2NO2S2. The van der Waals surface area contributed by atoms with E-state index in [1.54, 1.807) is 24.3 Å². The van der Waals surface area contributed by atoms with Gasteiger partial charge in [0.15, 0.2) is 0 Å². The smallest absolute Gasteiger partial charge is 0.387 e. The van der Waals surface area contributed by atoms with Gasteiger partial charge in [-0.25, -0.2) is 0 Å². The van der Waals surface area contributed by atoms with Gasteiger partial charge >= 0.3 is 6.61 Å². The molecule has 0 atom stereocenters. The number of amides is 1. The van der Waals surface area contributed by atoms with Crippen LogP contribution in [0.15, 0.2) is 48.5 Å². The fourth-order valence-electron chi connectivity index (χ4n) is 2.30. The highest BCUT2D eigenvalue weighted by molar-refractivity contribution is 8.19. The molecule has 1 fully saturated rings. The molecule has 3 nitrogen and oxygen atoms in total. The Labute approximate surface area is 147 Å². The Kier molecular flexibility index (Phi) is 5.63. The number of halogens is 2. The van der Waals surface area contributed by atoms with Crippen molar-refractivity contribution >= 4 is 35.1 Å². The Morgan fingerprint density at radius 3 is 2.50 bits per heavy atom. The lowest BCUT2D eigenvalue weighted by molar-refractivity contribution is -0.0497. The largest absolute Gasteiger partial charge is 0.435 e. The van der Waals surface area contributed by atoms with Gasteiger partial charge in [-0.2, -0.15) is 8.78 Å². The van der Waals surface area contributed by atoms with E-state index in [0.717, 1.165) is 11.5 Å². The monoisotopic (exact) mass is 367 g/mol. The normalized spacial score (nSPS) is 14.8. The summed E-state index contributed by atoms with van der Waals surface area (Å²) in [6.07, 6.45) is 0. The summed E-state index contributed by atoms with van der Waals surface area (Å²) < 4.78 is 29.2. The lowest BCUT2D eigenvalue weighted by atomic mass is 10.1. The number of carbonyl (C=O) groups excluding carboxylic acids is 1. The topological polar surface area (TPSA) is 38.3 Å². The zero-order valence-corrected chi connectivity index (χ0v) is 14.2. The highest BCUT2D eigenvalue weighted by atomic mass is 32.2. The number of alkyl halides is 2. The number of anilines is 1. The van der Waals surface area contributed by atoms with Crippen molar-refractivity contribution in [2.24, 2.45) is 0 Å². The van der Waals surface area contributed by atoms with E-state index in [-0.39, 0.29) is 11.7 Å². The molecule has 1 heterocycles. The van der Waals surface area contributed by atoms with E-state index in [1.807, 2.05) is 35.7 Å². The van der Waals surface area contributed by atoms with Crippen LogP contribution in [0.2, 0.25) is 0 Å². The van der Waals surface area contributed by atoms with Gasteiger partial charge in [0.25, 0.3) is 5.91 Å². The standard InChI is InChI=1S/C17H15F2NO2S2/c18-17(19)22-14-3-1-2-13(10-14)20-15(21)11-4-6-12(7-5-11)16-23-8-9-24-16/h1-7,10,16-17H,8-9H2,(H,20,21). The number of nitrogens with one attached hydrogen (secondary N) is 1. The fraction of sp³-hybridized carbons (Fsp3) is 0.235. The first-order valence-corrected chi connectivity index (χ1v) is 9.41. The number of ether oxygens (including phenoxy) is 1. The molecule has 0 radical (unpaired) electrons. The quantitative estimate of drug-likeness (QED) is 0.805. The average Bonchev–Trinajstić information content (AvgIpc) is 3.09. The highest BCUT2D eigenvalue weighted by Gasteiger charge is 2.18. The molecule has 2 aromatic rings. The van der Waals surface area contributed by atoms with E-state index < -0.39 is 6.61 Å². The minimum absolute atomic E-state index is 0.00781. The molecule has 0 aromatic heterocycles. The summed E-state index contributed by atoms with van der Waals surface area (Å²) in [4.78, 5) is 12.3. The Bertz CT molecular complexity index is 704. The SMILES string of the molecule is O=C(Nc1cccc(OC(F)F)c1)c1ccc(C2SCCS2)cc1. The number of thioether (sulfide) groups is 2. The van der Waals surface area contributed by atoms with Crippen molar-refractivity contribution in [2.45, 2.75) is 11.2 Å². The second kappa shape index (κ2) is 7.90. The predicted octanol–water partition coefficient (Wildman–Crippen LogP) is 5.02. The van der Waals surface area contributed by atoms with Crippen molar-refractivity contribution < 1.29 is 18.3 Å². The van der Waals surface area contributed by atoms with Crippen LogP contribution in [0.4, 0.5) is 14.5 Å². The van der Waals surface area contributed by atoms with E-state index >= 15 is 0 Å². The van der Waals surface area contributed by atoms with E-state index in [2.05, 4.69) is 10.1 Å². The molecule has 1 aliphatic heterocycles. The van der Waals surface area contributed by atoms with Gasteiger partial charge in [-0.1, -0.05) is 18.2 Å². The van der Waals surface area contributed by atoms with Crippen LogP contribution < -0.4 is 10.1 Å². The summed E-state index contributed by atoms with van der Waals surface area (Å²) in [6, 6.07) is 13.4. The van der Waals surface area contributed by atoms with Gasteiger partial charge in [0.2, 0.25) is 0 Å². The van der Waals surface area contributed by atoms with Crippen molar-refractivity contribution in [2.75, 3.05) is 16.8 Å². The van der Waals surface area contributed by atoms with Gasteiger partial charge in [-0.15, -0.1) is 23.5 Å². The molecule has 0 spiro atoms. The van der Waals surface area contributed by atoms with Gasteiger partial charge < -0.3 is 10.1 Å². The second-order valence-electron chi connectivity index (χ2n) is 5.06. The van der Waals surface area contributed by atoms with Crippen molar-refractivity contribution in [1.82, 2.24) is 0 Å². The summed E-state index contributed by atoms with van der Waals surface area (Å²) in [7, 11) is 0. The predicted molar refractivity (Wildman–Crippen MR) is 95.1 cm³/mol. The number of carbonyl (C=O) groups is 1. The molecule has 1 N–H and O–H groups in total. The third-order valence-electron chi connectivity index (χ3n) is 3.38. The van der Waals surface area contributed by atoms with Crippen LogP contribution in [0.5, 0.6) is 5.75 Å². The molecule has 1 aliphatic rings. The van der Waals surface area contributed by atoms with Crippen LogP contribution in [0.1, 0.15) is 20.5 Å². The van der Waals surface area contributed by atoms with E-state index in [1.165, 1.54) is 17.7 Å². The first-order chi connectivity index (χ1) is 11.6. The fourth-order valence-corrected chi connectivity index (χ4v) is 5.16. The highest BCUT2D eigenvalue weighted by Crippen LogP contribution is 2.45. The molecule has 0 bridgehead atoms. The Morgan fingerprint density at radius 1 is 1.12 bits per heavy atom. The molecular weight excluding hydrogens is 352 g/mol.